The van der Waals surface area contributed by atoms with E-state index in [2.05, 4.69) is 54.4 Å². The molecule has 1 aromatic carbocycles. The molecule has 0 spiro atoms. The number of imidazole rings is 1. The summed E-state index contributed by atoms with van der Waals surface area (Å²) in [5, 5.41) is 4.19. The standard InChI is InChI=1S/C16H14BrN5.C2H6/c1-18-16-13-14(22(2)8-19-13)11-7-12(20-15(11)21-16)9-4-3-5-10(17)6-9;1-2/h3-8H,1-2H3,(H2,18,20,21);1-2H3. The molecule has 6 heteroatoms. The minimum atomic E-state index is 0.783. The number of pyridine rings is 1. The second-order valence-corrected chi connectivity index (χ2v) is 6.13. The van der Waals surface area contributed by atoms with Gasteiger partial charge in [-0.3, -0.25) is 0 Å². The van der Waals surface area contributed by atoms with Gasteiger partial charge in [-0.25, -0.2) is 9.97 Å². The van der Waals surface area contributed by atoms with E-state index in [4.69, 9.17) is 0 Å². The lowest BCUT2D eigenvalue weighted by Gasteiger charge is -2.02. The minimum Gasteiger partial charge on any atom is -0.371 e. The molecule has 3 heterocycles. The van der Waals surface area contributed by atoms with Gasteiger partial charge in [0, 0.05) is 29.6 Å². The Morgan fingerprint density at radius 2 is 2.00 bits per heavy atom. The van der Waals surface area contributed by atoms with E-state index in [9.17, 15) is 0 Å². The van der Waals surface area contributed by atoms with Crippen LogP contribution in [0.2, 0.25) is 0 Å². The second-order valence-electron chi connectivity index (χ2n) is 5.22. The van der Waals surface area contributed by atoms with Gasteiger partial charge in [-0.15, -0.1) is 0 Å². The Labute approximate surface area is 149 Å². The molecule has 0 atom stereocenters. The van der Waals surface area contributed by atoms with Crippen molar-refractivity contribution < 1.29 is 0 Å². The van der Waals surface area contributed by atoms with Crippen LogP contribution in [0.1, 0.15) is 13.8 Å². The number of benzene rings is 1. The van der Waals surface area contributed by atoms with Gasteiger partial charge in [-0.1, -0.05) is 41.9 Å². The summed E-state index contributed by atoms with van der Waals surface area (Å²) in [4.78, 5) is 12.5. The quantitative estimate of drug-likeness (QED) is 0.513. The summed E-state index contributed by atoms with van der Waals surface area (Å²) in [5.41, 5.74) is 4.98. The van der Waals surface area contributed by atoms with Gasteiger partial charge in [0.05, 0.1) is 11.8 Å². The Bertz CT molecular complexity index is 999. The zero-order valence-corrected chi connectivity index (χ0v) is 15.8. The molecule has 5 nitrogen and oxygen atoms in total. The summed E-state index contributed by atoms with van der Waals surface area (Å²) in [6.07, 6.45) is 1.82. The number of aromatic nitrogens is 4. The number of H-pyrrole nitrogens is 1. The van der Waals surface area contributed by atoms with Gasteiger partial charge in [0.1, 0.15) is 11.2 Å². The third-order valence-electron chi connectivity index (χ3n) is 3.81. The Morgan fingerprint density at radius 3 is 2.71 bits per heavy atom. The van der Waals surface area contributed by atoms with E-state index in [0.29, 0.717) is 0 Å². The van der Waals surface area contributed by atoms with Gasteiger partial charge in [0.15, 0.2) is 5.82 Å². The second kappa shape index (κ2) is 6.65. The molecule has 124 valence electrons. The van der Waals surface area contributed by atoms with Crippen LogP contribution in [0.15, 0.2) is 41.1 Å². The van der Waals surface area contributed by atoms with Crippen LogP contribution < -0.4 is 5.32 Å². The van der Waals surface area contributed by atoms with Gasteiger partial charge in [0.25, 0.3) is 0 Å². The smallest absolute Gasteiger partial charge is 0.156 e. The summed E-state index contributed by atoms with van der Waals surface area (Å²) in [5.74, 6) is 0.783. The number of aryl methyl sites for hydroxylation is 1. The third kappa shape index (κ3) is 2.67. The Balaban J connectivity index is 0.000000815. The Kier molecular flexibility index (Phi) is 4.57. The van der Waals surface area contributed by atoms with Crippen LogP contribution in [0.25, 0.3) is 33.3 Å². The molecule has 0 bridgehead atoms. The lowest BCUT2D eigenvalue weighted by molar-refractivity contribution is 0.951. The highest BCUT2D eigenvalue weighted by molar-refractivity contribution is 9.10. The first-order valence-electron chi connectivity index (χ1n) is 7.95. The third-order valence-corrected chi connectivity index (χ3v) is 4.30. The van der Waals surface area contributed by atoms with E-state index >= 15 is 0 Å². The van der Waals surface area contributed by atoms with E-state index < -0.39 is 0 Å². The number of aromatic amines is 1. The number of nitrogens with zero attached hydrogens (tertiary/aromatic N) is 3. The van der Waals surface area contributed by atoms with Gasteiger partial charge in [0.2, 0.25) is 0 Å². The van der Waals surface area contributed by atoms with Crippen molar-refractivity contribution in [3.63, 3.8) is 0 Å². The molecule has 0 saturated carbocycles. The van der Waals surface area contributed by atoms with Crippen molar-refractivity contribution in [3.05, 3.63) is 41.1 Å². The molecule has 0 aliphatic carbocycles. The Morgan fingerprint density at radius 1 is 1.21 bits per heavy atom. The average Bonchev–Trinajstić information content (AvgIpc) is 3.19. The highest BCUT2D eigenvalue weighted by atomic mass is 79.9. The summed E-state index contributed by atoms with van der Waals surface area (Å²) >= 11 is 3.52. The number of nitrogens with one attached hydrogen (secondary N) is 2. The first-order chi connectivity index (χ1) is 11.7. The molecule has 2 N–H and O–H groups in total. The fraction of sp³-hybridized carbons (Fsp3) is 0.222. The summed E-state index contributed by atoms with van der Waals surface area (Å²) in [6, 6.07) is 10.3. The van der Waals surface area contributed by atoms with Crippen molar-refractivity contribution in [2.75, 3.05) is 12.4 Å². The topological polar surface area (TPSA) is 58.5 Å². The van der Waals surface area contributed by atoms with Crippen LogP contribution in [0, 0.1) is 0 Å². The summed E-state index contributed by atoms with van der Waals surface area (Å²) < 4.78 is 3.08. The number of hydrogen-bond acceptors (Lipinski definition) is 3. The number of anilines is 1. The lowest BCUT2D eigenvalue weighted by Crippen LogP contribution is -1.95. The molecule has 24 heavy (non-hydrogen) atoms. The average molecular weight is 386 g/mol. The monoisotopic (exact) mass is 385 g/mol. The zero-order valence-electron chi connectivity index (χ0n) is 14.2. The molecule has 0 aliphatic rings. The fourth-order valence-electron chi connectivity index (χ4n) is 2.78. The summed E-state index contributed by atoms with van der Waals surface area (Å²) in [7, 11) is 3.86. The molecule has 4 rings (SSSR count). The first-order valence-corrected chi connectivity index (χ1v) is 8.74. The SMILES string of the molecule is CC.CNc1nc2[nH]c(-c3cccc(Br)c3)cc2c2c1ncn2C. The number of rotatable bonds is 2. The van der Waals surface area contributed by atoms with Crippen molar-refractivity contribution in [1.82, 2.24) is 19.5 Å². The Hall–Kier alpha value is -2.34. The summed E-state index contributed by atoms with van der Waals surface area (Å²) in [6.45, 7) is 4.00. The molecule has 3 aromatic heterocycles. The predicted octanol–water partition coefficient (Wildman–Crippen LogP) is 4.95. The molecule has 4 aromatic rings. The molecule has 0 unspecified atom stereocenters. The van der Waals surface area contributed by atoms with Crippen molar-refractivity contribution >= 4 is 43.8 Å². The van der Waals surface area contributed by atoms with Gasteiger partial charge in [-0.05, 0) is 23.8 Å². The van der Waals surface area contributed by atoms with Crippen LogP contribution >= 0.6 is 15.9 Å². The van der Waals surface area contributed by atoms with Crippen molar-refractivity contribution in [1.29, 1.82) is 0 Å². The van der Waals surface area contributed by atoms with Crippen molar-refractivity contribution in [2.24, 2.45) is 7.05 Å². The van der Waals surface area contributed by atoms with Crippen molar-refractivity contribution in [3.8, 4) is 11.3 Å². The molecule has 0 fully saturated rings. The molecular formula is C18H20BrN5. The maximum absolute atomic E-state index is 4.65. The maximum Gasteiger partial charge on any atom is 0.156 e. The van der Waals surface area contributed by atoms with Crippen LogP contribution in [0.3, 0.4) is 0 Å². The van der Waals surface area contributed by atoms with Crippen LogP contribution in [0.4, 0.5) is 5.82 Å². The zero-order chi connectivity index (χ0) is 17.3. The van der Waals surface area contributed by atoms with Gasteiger partial charge >= 0.3 is 0 Å². The normalized spacial score (nSPS) is 10.7. The van der Waals surface area contributed by atoms with Crippen LogP contribution in [-0.4, -0.2) is 26.6 Å². The van der Waals surface area contributed by atoms with Crippen LogP contribution in [-0.2, 0) is 7.05 Å². The molecule has 0 amide bonds. The fourth-order valence-corrected chi connectivity index (χ4v) is 3.18. The maximum atomic E-state index is 4.65. The highest BCUT2D eigenvalue weighted by Crippen LogP contribution is 2.32. The predicted molar refractivity (Wildman–Crippen MR) is 104 cm³/mol. The van der Waals surface area contributed by atoms with E-state index in [1.165, 1.54) is 0 Å². The molecular weight excluding hydrogens is 366 g/mol. The largest absolute Gasteiger partial charge is 0.371 e. The first kappa shape index (κ1) is 16.5. The number of hydrogen-bond donors (Lipinski definition) is 2. The molecule has 0 aliphatic heterocycles. The minimum absolute atomic E-state index is 0.783. The molecule has 0 saturated heterocycles. The van der Waals surface area contributed by atoms with Crippen LogP contribution in [0.5, 0.6) is 0 Å². The van der Waals surface area contributed by atoms with E-state index in [1.807, 2.05) is 51.0 Å². The van der Waals surface area contributed by atoms with Crippen molar-refractivity contribution in [2.45, 2.75) is 13.8 Å². The van der Waals surface area contributed by atoms with E-state index in [-0.39, 0.29) is 0 Å². The number of halogens is 1. The van der Waals surface area contributed by atoms with Gasteiger partial charge < -0.3 is 14.9 Å². The van der Waals surface area contributed by atoms with Gasteiger partial charge in [-0.2, -0.15) is 0 Å². The number of fused-ring (bicyclic) bond motifs is 3. The van der Waals surface area contributed by atoms with E-state index in [1.54, 1.807) is 0 Å². The lowest BCUT2D eigenvalue weighted by atomic mass is 10.1. The molecule has 0 radical (unpaired) electrons. The van der Waals surface area contributed by atoms with E-state index in [0.717, 1.165) is 43.6 Å². The highest BCUT2D eigenvalue weighted by Gasteiger charge is 2.15.